The normalized spacial score (nSPS) is 25.4. The van der Waals surface area contributed by atoms with Gasteiger partial charge in [0.05, 0.1) is 18.7 Å². The monoisotopic (exact) mass is 336 g/mol. The first-order valence-corrected chi connectivity index (χ1v) is 9.01. The van der Waals surface area contributed by atoms with E-state index in [0.717, 1.165) is 30.4 Å². The van der Waals surface area contributed by atoms with Gasteiger partial charge in [0.15, 0.2) is 0 Å². The SMILES string of the molecule is CC(C)C#Cc1ccc([C@H]2[C@@H](CO)N(C(=O)C3CCC3)[C@H]2C#N)cc1. The second-order valence-corrected chi connectivity index (χ2v) is 7.27. The topological polar surface area (TPSA) is 64.3 Å². The molecule has 2 fully saturated rings. The lowest BCUT2D eigenvalue weighted by molar-refractivity contribution is -0.154. The summed E-state index contributed by atoms with van der Waals surface area (Å²) >= 11 is 0. The summed E-state index contributed by atoms with van der Waals surface area (Å²) in [6, 6.07) is 9.31. The fourth-order valence-corrected chi connectivity index (χ4v) is 3.59. The molecule has 3 atom stereocenters. The van der Waals surface area contributed by atoms with Crippen LogP contribution in [0.2, 0.25) is 0 Å². The lowest BCUT2D eigenvalue weighted by atomic mass is 9.73. The van der Waals surface area contributed by atoms with Crippen molar-refractivity contribution in [1.82, 2.24) is 4.90 Å². The smallest absolute Gasteiger partial charge is 0.227 e. The Morgan fingerprint density at radius 2 is 2.00 bits per heavy atom. The molecule has 25 heavy (non-hydrogen) atoms. The number of aliphatic hydroxyl groups is 1. The van der Waals surface area contributed by atoms with Gasteiger partial charge in [-0.25, -0.2) is 0 Å². The third kappa shape index (κ3) is 3.28. The molecule has 1 heterocycles. The van der Waals surface area contributed by atoms with Gasteiger partial charge in [-0.05, 0) is 30.5 Å². The van der Waals surface area contributed by atoms with Crippen molar-refractivity contribution in [2.75, 3.05) is 6.61 Å². The minimum atomic E-state index is -0.488. The Morgan fingerprint density at radius 1 is 1.32 bits per heavy atom. The van der Waals surface area contributed by atoms with Gasteiger partial charge in [-0.15, -0.1) is 0 Å². The van der Waals surface area contributed by atoms with E-state index in [-0.39, 0.29) is 30.4 Å². The van der Waals surface area contributed by atoms with E-state index < -0.39 is 6.04 Å². The molecule has 0 spiro atoms. The second kappa shape index (κ2) is 7.30. The fraction of sp³-hybridized carbons (Fsp3) is 0.524. The molecule has 1 saturated heterocycles. The molecule has 0 aromatic heterocycles. The molecule has 1 saturated carbocycles. The number of benzene rings is 1. The van der Waals surface area contributed by atoms with E-state index in [1.165, 1.54) is 0 Å². The summed E-state index contributed by atoms with van der Waals surface area (Å²) < 4.78 is 0. The van der Waals surface area contributed by atoms with E-state index in [9.17, 15) is 15.2 Å². The minimum absolute atomic E-state index is 0.0347. The van der Waals surface area contributed by atoms with Crippen molar-refractivity contribution >= 4 is 5.91 Å². The van der Waals surface area contributed by atoms with Crippen LogP contribution in [-0.4, -0.2) is 34.6 Å². The Balaban J connectivity index is 1.78. The first-order valence-electron chi connectivity index (χ1n) is 9.01. The van der Waals surface area contributed by atoms with Crippen molar-refractivity contribution in [3.63, 3.8) is 0 Å². The van der Waals surface area contributed by atoms with Crippen LogP contribution < -0.4 is 0 Å². The third-order valence-corrected chi connectivity index (χ3v) is 5.24. The number of aliphatic hydroxyl groups excluding tert-OH is 1. The summed E-state index contributed by atoms with van der Waals surface area (Å²) in [4.78, 5) is 14.2. The van der Waals surface area contributed by atoms with Crippen molar-refractivity contribution in [1.29, 1.82) is 5.26 Å². The van der Waals surface area contributed by atoms with Gasteiger partial charge in [0.1, 0.15) is 6.04 Å². The Morgan fingerprint density at radius 3 is 2.48 bits per heavy atom. The number of amides is 1. The minimum Gasteiger partial charge on any atom is -0.394 e. The van der Waals surface area contributed by atoms with Gasteiger partial charge in [0, 0.05) is 23.3 Å². The van der Waals surface area contributed by atoms with Crippen LogP contribution in [0.5, 0.6) is 0 Å². The van der Waals surface area contributed by atoms with Crippen LogP contribution >= 0.6 is 0 Å². The Hall–Kier alpha value is -2.30. The Bertz CT molecular complexity index is 732. The number of likely N-dealkylation sites (tertiary alicyclic amines) is 1. The van der Waals surface area contributed by atoms with Crippen LogP contribution in [0.25, 0.3) is 0 Å². The molecule has 1 aliphatic heterocycles. The van der Waals surface area contributed by atoms with Crippen molar-refractivity contribution in [3.8, 4) is 17.9 Å². The molecule has 1 amide bonds. The first kappa shape index (κ1) is 17.5. The van der Waals surface area contributed by atoms with Gasteiger partial charge in [-0.3, -0.25) is 4.79 Å². The maximum atomic E-state index is 12.6. The van der Waals surface area contributed by atoms with Gasteiger partial charge in [-0.1, -0.05) is 44.2 Å². The molecule has 1 aromatic carbocycles. The molecule has 0 radical (unpaired) electrons. The van der Waals surface area contributed by atoms with Crippen LogP contribution in [0.15, 0.2) is 24.3 Å². The quantitative estimate of drug-likeness (QED) is 0.863. The average molecular weight is 336 g/mol. The van der Waals surface area contributed by atoms with Gasteiger partial charge in [-0.2, -0.15) is 5.26 Å². The van der Waals surface area contributed by atoms with Crippen LogP contribution in [0.1, 0.15) is 50.2 Å². The largest absolute Gasteiger partial charge is 0.394 e. The van der Waals surface area contributed by atoms with E-state index in [0.29, 0.717) is 5.92 Å². The van der Waals surface area contributed by atoms with Crippen molar-refractivity contribution < 1.29 is 9.90 Å². The van der Waals surface area contributed by atoms with Crippen molar-refractivity contribution in [3.05, 3.63) is 35.4 Å². The highest BCUT2D eigenvalue weighted by Gasteiger charge is 2.53. The summed E-state index contributed by atoms with van der Waals surface area (Å²) in [6.07, 6.45) is 2.88. The molecular weight excluding hydrogens is 312 g/mol. The highest BCUT2D eigenvalue weighted by Crippen LogP contribution is 2.43. The van der Waals surface area contributed by atoms with E-state index in [1.54, 1.807) is 4.90 Å². The number of hydrogen-bond acceptors (Lipinski definition) is 3. The Kier molecular flexibility index (Phi) is 5.11. The highest BCUT2D eigenvalue weighted by molar-refractivity contribution is 5.82. The molecule has 2 aliphatic rings. The van der Waals surface area contributed by atoms with Crippen LogP contribution in [0.4, 0.5) is 0 Å². The average Bonchev–Trinajstić information content (AvgIpc) is 2.52. The predicted octanol–water partition coefficient (Wildman–Crippen LogP) is 2.67. The molecular formula is C21H24N2O2. The summed E-state index contributed by atoms with van der Waals surface area (Å²) in [7, 11) is 0. The summed E-state index contributed by atoms with van der Waals surface area (Å²) in [5, 5.41) is 19.4. The molecule has 1 aromatic rings. The first-order chi connectivity index (χ1) is 12.1. The standard InChI is InChI=1S/C21H24N2O2/c1-14(2)6-7-15-8-10-16(11-9-15)20-18(12-22)23(19(20)13-24)21(25)17-4-3-5-17/h8-11,14,17-20,24H,3-5,13H2,1-2H3/t18-,19+,20+/m0/s1. The summed E-state index contributed by atoms with van der Waals surface area (Å²) in [6.45, 7) is 3.98. The van der Waals surface area contributed by atoms with Crippen molar-refractivity contribution in [2.24, 2.45) is 11.8 Å². The van der Waals surface area contributed by atoms with Crippen LogP contribution in [-0.2, 0) is 4.79 Å². The fourth-order valence-electron chi connectivity index (χ4n) is 3.59. The van der Waals surface area contributed by atoms with Gasteiger partial charge in [0.2, 0.25) is 5.91 Å². The molecule has 0 unspecified atom stereocenters. The lowest BCUT2D eigenvalue weighted by Crippen LogP contribution is -2.66. The zero-order chi connectivity index (χ0) is 18.0. The second-order valence-electron chi connectivity index (χ2n) is 7.27. The molecule has 1 aliphatic carbocycles. The van der Waals surface area contributed by atoms with Crippen LogP contribution in [0.3, 0.4) is 0 Å². The number of hydrogen-bond donors (Lipinski definition) is 1. The number of carbonyl (C=O) groups excluding carboxylic acids is 1. The van der Waals surface area contributed by atoms with E-state index in [1.807, 2.05) is 38.1 Å². The molecule has 4 nitrogen and oxygen atoms in total. The van der Waals surface area contributed by atoms with E-state index in [2.05, 4.69) is 17.9 Å². The molecule has 3 rings (SSSR count). The molecule has 0 bridgehead atoms. The van der Waals surface area contributed by atoms with E-state index in [4.69, 9.17) is 0 Å². The maximum Gasteiger partial charge on any atom is 0.227 e. The summed E-state index contributed by atoms with van der Waals surface area (Å²) in [5.74, 6) is 6.52. The van der Waals surface area contributed by atoms with Gasteiger partial charge >= 0.3 is 0 Å². The zero-order valence-electron chi connectivity index (χ0n) is 14.8. The Labute approximate surface area is 149 Å². The number of carbonyl (C=O) groups is 1. The lowest BCUT2D eigenvalue weighted by Gasteiger charge is -2.53. The van der Waals surface area contributed by atoms with Gasteiger partial charge < -0.3 is 10.0 Å². The third-order valence-electron chi connectivity index (χ3n) is 5.24. The zero-order valence-corrected chi connectivity index (χ0v) is 14.8. The van der Waals surface area contributed by atoms with E-state index >= 15 is 0 Å². The predicted molar refractivity (Wildman–Crippen MR) is 95.4 cm³/mol. The highest BCUT2D eigenvalue weighted by atomic mass is 16.3. The molecule has 4 heteroatoms. The number of rotatable bonds is 3. The molecule has 130 valence electrons. The number of nitrogens with zero attached hydrogens (tertiary/aromatic N) is 2. The molecule has 1 N–H and O–H groups in total. The van der Waals surface area contributed by atoms with Gasteiger partial charge in [0.25, 0.3) is 0 Å². The maximum absolute atomic E-state index is 12.6. The number of nitriles is 1. The van der Waals surface area contributed by atoms with Crippen molar-refractivity contribution in [2.45, 2.75) is 51.1 Å². The van der Waals surface area contributed by atoms with Crippen LogP contribution in [0, 0.1) is 35.0 Å². The summed E-state index contributed by atoms with van der Waals surface area (Å²) in [5.41, 5.74) is 1.92.